The van der Waals surface area contributed by atoms with Gasteiger partial charge in [-0.3, -0.25) is 9.36 Å². The number of amides is 3. The molecule has 9 heteroatoms. The number of urea groups is 1. The van der Waals surface area contributed by atoms with E-state index in [0.717, 1.165) is 0 Å². The Hall–Kier alpha value is -3.39. The summed E-state index contributed by atoms with van der Waals surface area (Å²) in [6, 6.07) is 10.1. The molecule has 1 aliphatic rings. The number of para-hydroxylation sites is 1. The number of Topliss-reactive ketones (excluding diaryl/α,β-unsaturated/α-hetero) is 1. The number of carbonyl (C=O) groups is 3. The fourth-order valence-electron chi connectivity index (χ4n) is 4.39. The minimum Gasteiger partial charge on any atom is -0.351 e. The Bertz CT molecular complexity index is 1240. The van der Waals surface area contributed by atoms with E-state index in [1.165, 1.54) is 21.7 Å². The summed E-state index contributed by atoms with van der Waals surface area (Å²) in [7, 11) is 0. The molecule has 3 N–H and O–H groups in total. The molecule has 0 unspecified atom stereocenters. The highest BCUT2D eigenvalue weighted by atomic mass is 35.5. The molecular formula is C24H24ClFN4O3. The van der Waals surface area contributed by atoms with Crippen molar-refractivity contribution in [3.63, 3.8) is 0 Å². The number of ketones is 1. The Labute approximate surface area is 195 Å². The lowest BCUT2D eigenvalue weighted by atomic mass is 9.99. The Morgan fingerprint density at radius 2 is 1.94 bits per heavy atom. The lowest BCUT2D eigenvalue weighted by Crippen LogP contribution is -2.43. The number of nitrogens with one attached hydrogen (secondary N) is 1. The van der Waals surface area contributed by atoms with Crippen LogP contribution in [0.4, 0.5) is 19.7 Å². The first-order valence-electron chi connectivity index (χ1n) is 10.7. The van der Waals surface area contributed by atoms with Crippen LogP contribution in [-0.2, 0) is 11.2 Å². The maximum Gasteiger partial charge on any atom is 0.323 e. The minimum absolute atomic E-state index is 0.0190. The van der Waals surface area contributed by atoms with E-state index in [1.54, 1.807) is 36.4 Å². The zero-order valence-electron chi connectivity index (χ0n) is 18.1. The summed E-state index contributed by atoms with van der Waals surface area (Å²) in [4.78, 5) is 39.4. The molecule has 7 nitrogen and oxygen atoms in total. The molecule has 0 bridgehead atoms. The summed E-state index contributed by atoms with van der Waals surface area (Å²) in [6.45, 7) is 2.39. The molecule has 2 atom stereocenters. The quantitative estimate of drug-likeness (QED) is 0.560. The number of carbonyl (C=O) groups excluding carboxylic acids is 3. The first-order valence-corrected chi connectivity index (χ1v) is 11.1. The molecule has 4 rings (SSSR count). The molecule has 3 aromatic rings. The van der Waals surface area contributed by atoms with E-state index in [-0.39, 0.29) is 29.6 Å². The number of nitrogens with two attached hydrogens (primary N) is 1. The molecule has 0 aliphatic carbocycles. The zero-order valence-corrected chi connectivity index (χ0v) is 18.8. The van der Waals surface area contributed by atoms with Gasteiger partial charge in [0.05, 0.1) is 22.3 Å². The number of halogens is 2. The van der Waals surface area contributed by atoms with Crippen molar-refractivity contribution in [3.05, 3.63) is 65.1 Å². The fraction of sp³-hybridized carbons (Fsp3) is 0.292. The van der Waals surface area contributed by atoms with Gasteiger partial charge in [0.15, 0.2) is 5.78 Å². The fourth-order valence-corrected chi connectivity index (χ4v) is 4.58. The zero-order chi connectivity index (χ0) is 23.7. The summed E-state index contributed by atoms with van der Waals surface area (Å²) in [5.41, 5.74) is 6.83. The Kier molecular flexibility index (Phi) is 6.37. The second-order valence-electron chi connectivity index (χ2n) is 8.39. The van der Waals surface area contributed by atoms with Gasteiger partial charge in [0, 0.05) is 24.5 Å². The molecule has 0 radical (unpaired) electrons. The van der Waals surface area contributed by atoms with Gasteiger partial charge < -0.3 is 16.0 Å². The monoisotopic (exact) mass is 470 g/mol. The first-order chi connectivity index (χ1) is 15.8. The minimum atomic E-state index is -0.664. The molecule has 2 aromatic carbocycles. The molecule has 3 amide bonds. The van der Waals surface area contributed by atoms with Crippen molar-refractivity contribution in [3.8, 4) is 0 Å². The lowest BCUT2D eigenvalue weighted by molar-refractivity contribution is -0.122. The highest BCUT2D eigenvalue weighted by Crippen LogP contribution is 2.29. The summed E-state index contributed by atoms with van der Waals surface area (Å²) < 4.78 is 15.4. The molecule has 0 spiro atoms. The average molecular weight is 471 g/mol. The molecule has 1 fully saturated rings. The van der Waals surface area contributed by atoms with Gasteiger partial charge in [-0.25, -0.2) is 14.0 Å². The number of aryl methyl sites for hydroxylation is 1. The van der Waals surface area contributed by atoms with Crippen LogP contribution in [-0.4, -0.2) is 39.9 Å². The van der Waals surface area contributed by atoms with Crippen LogP contribution in [0.15, 0.2) is 48.7 Å². The van der Waals surface area contributed by atoms with Crippen LogP contribution in [0.2, 0.25) is 5.02 Å². The number of rotatable bonds is 5. The van der Waals surface area contributed by atoms with Gasteiger partial charge in [-0.1, -0.05) is 48.9 Å². The van der Waals surface area contributed by atoms with Crippen LogP contribution in [0.1, 0.15) is 25.3 Å². The lowest BCUT2D eigenvalue weighted by Gasteiger charge is -2.24. The second-order valence-corrected chi connectivity index (χ2v) is 8.79. The van der Waals surface area contributed by atoms with Crippen molar-refractivity contribution in [1.29, 1.82) is 0 Å². The topological polar surface area (TPSA) is 97.4 Å². The number of nitrogens with zero attached hydrogens (tertiary/aromatic N) is 2. The smallest absolute Gasteiger partial charge is 0.323 e. The molecule has 1 aromatic heterocycles. The third kappa shape index (κ3) is 4.57. The number of anilines is 1. The molecule has 1 aliphatic heterocycles. The predicted octanol–water partition coefficient (Wildman–Crippen LogP) is 4.80. The van der Waals surface area contributed by atoms with Crippen LogP contribution in [0.5, 0.6) is 0 Å². The summed E-state index contributed by atoms with van der Waals surface area (Å²) >= 11 is 5.83. The number of hydrogen-bond donors (Lipinski definition) is 2. The highest BCUT2D eigenvalue weighted by Gasteiger charge is 2.37. The summed E-state index contributed by atoms with van der Waals surface area (Å²) in [5, 5.41) is 3.51. The Morgan fingerprint density at radius 1 is 1.18 bits per heavy atom. The highest BCUT2D eigenvalue weighted by molar-refractivity contribution is 6.30. The van der Waals surface area contributed by atoms with Crippen molar-refractivity contribution < 1.29 is 18.8 Å². The molecule has 172 valence electrons. The number of hydrogen-bond acceptors (Lipinski definition) is 3. The molecule has 1 saturated heterocycles. The maximum atomic E-state index is 14.2. The van der Waals surface area contributed by atoms with Gasteiger partial charge in [0.25, 0.3) is 0 Å². The van der Waals surface area contributed by atoms with Crippen molar-refractivity contribution >= 4 is 46.0 Å². The van der Waals surface area contributed by atoms with Gasteiger partial charge in [0.1, 0.15) is 5.82 Å². The van der Waals surface area contributed by atoms with Crippen LogP contribution in [0, 0.1) is 11.7 Å². The maximum absolute atomic E-state index is 14.2. The SMILES string of the molecule is C[C@H]1C[C@@H](C(=O)CCc2cccc(Cl)c2F)N(C(=O)Nc2cn(C(N)=O)c3ccccc23)C1. The number of aromatic nitrogens is 1. The van der Waals surface area contributed by atoms with Gasteiger partial charge in [-0.15, -0.1) is 0 Å². The first kappa shape index (κ1) is 22.8. The van der Waals surface area contributed by atoms with E-state index in [2.05, 4.69) is 5.32 Å². The van der Waals surface area contributed by atoms with Crippen molar-refractivity contribution in [1.82, 2.24) is 9.47 Å². The normalized spacial score (nSPS) is 18.0. The summed E-state index contributed by atoms with van der Waals surface area (Å²) in [6.07, 6.45) is 2.31. The molecule has 33 heavy (non-hydrogen) atoms. The average Bonchev–Trinajstić information content (AvgIpc) is 3.36. The molecular weight excluding hydrogens is 447 g/mol. The van der Waals surface area contributed by atoms with Gasteiger partial charge in [-0.2, -0.15) is 0 Å². The number of primary amides is 1. The van der Waals surface area contributed by atoms with Gasteiger partial charge in [0.2, 0.25) is 0 Å². The summed E-state index contributed by atoms with van der Waals surface area (Å²) in [5.74, 6) is -0.514. The van der Waals surface area contributed by atoms with Crippen LogP contribution >= 0.6 is 11.6 Å². The standard InChI is InChI=1S/C24H24ClFN4O3/c1-14-11-20(21(31)10-9-15-5-4-7-17(25)22(15)26)30(12-14)24(33)28-18-13-29(23(27)32)19-8-3-2-6-16(18)19/h2-8,13-14,20H,9-12H2,1H3,(H2,27,32)(H,28,33)/t14-,20-/m0/s1. The Balaban J connectivity index is 1.50. The third-order valence-electron chi connectivity index (χ3n) is 6.01. The molecule has 2 heterocycles. The number of fused-ring (bicyclic) bond motifs is 1. The largest absolute Gasteiger partial charge is 0.351 e. The van der Waals surface area contributed by atoms with Crippen molar-refractivity contribution in [2.75, 3.05) is 11.9 Å². The van der Waals surface area contributed by atoms with E-state index >= 15 is 0 Å². The van der Waals surface area contributed by atoms with Crippen LogP contribution in [0.3, 0.4) is 0 Å². The second kappa shape index (κ2) is 9.23. The van der Waals surface area contributed by atoms with Gasteiger partial charge in [-0.05, 0) is 36.5 Å². The Morgan fingerprint density at radius 3 is 2.70 bits per heavy atom. The van der Waals surface area contributed by atoms with Crippen molar-refractivity contribution in [2.24, 2.45) is 11.7 Å². The van der Waals surface area contributed by atoms with Gasteiger partial charge >= 0.3 is 12.1 Å². The number of likely N-dealkylation sites (tertiary alicyclic amines) is 1. The number of benzene rings is 2. The van der Waals surface area contributed by atoms with Crippen LogP contribution < -0.4 is 11.1 Å². The van der Waals surface area contributed by atoms with E-state index in [9.17, 15) is 18.8 Å². The van der Waals surface area contributed by atoms with E-state index in [4.69, 9.17) is 17.3 Å². The van der Waals surface area contributed by atoms with E-state index in [0.29, 0.717) is 35.1 Å². The van der Waals surface area contributed by atoms with Crippen LogP contribution in [0.25, 0.3) is 10.9 Å². The van der Waals surface area contributed by atoms with E-state index < -0.39 is 23.9 Å². The van der Waals surface area contributed by atoms with E-state index in [1.807, 2.05) is 6.92 Å². The van der Waals surface area contributed by atoms with Crippen molar-refractivity contribution in [2.45, 2.75) is 32.2 Å². The molecule has 0 saturated carbocycles. The third-order valence-corrected chi connectivity index (χ3v) is 6.30. The predicted molar refractivity (Wildman–Crippen MR) is 125 cm³/mol.